The molecule has 0 saturated heterocycles. The van der Waals surface area contributed by atoms with Crippen LogP contribution in [0.15, 0.2) is 42.5 Å². The van der Waals surface area contributed by atoms with Gasteiger partial charge in [0, 0.05) is 5.02 Å². The number of nitrogens with zero attached hydrogens (tertiary/aromatic N) is 2. The summed E-state index contributed by atoms with van der Waals surface area (Å²) >= 11 is 12.0. The lowest BCUT2D eigenvalue weighted by Crippen LogP contribution is -2.29. The lowest BCUT2D eigenvalue weighted by Gasteiger charge is -2.09. The molecule has 6 nitrogen and oxygen atoms in total. The predicted molar refractivity (Wildman–Crippen MR) is 112 cm³/mol. The van der Waals surface area contributed by atoms with E-state index in [1.165, 1.54) is 0 Å². The zero-order chi connectivity index (χ0) is 19.4. The summed E-state index contributed by atoms with van der Waals surface area (Å²) in [6, 6.07) is 12.6. The Hall–Kier alpha value is -2.15. The Balaban J connectivity index is 0.00000280. The molecule has 1 heterocycles. The summed E-state index contributed by atoms with van der Waals surface area (Å²) in [5.41, 5.74) is 1.84. The van der Waals surface area contributed by atoms with Gasteiger partial charge < -0.3 is 14.0 Å². The fourth-order valence-electron chi connectivity index (χ4n) is 2.86. The highest BCUT2D eigenvalue weighted by Gasteiger charge is 2.14. The molecule has 0 aliphatic carbocycles. The number of hydrogen-bond acceptors (Lipinski definition) is 4. The van der Waals surface area contributed by atoms with Crippen LogP contribution in [0, 0.1) is 5.41 Å². The van der Waals surface area contributed by atoms with E-state index >= 15 is 0 Å². The predicted octanol–water partition coefficient (Wildman–Crippen LogP) is 4.29. The highest BCUT2D eigenvalue weighted by molar-refractivity contribution is 6.35. The van der Waals surface area contributed by atoms with E-state index in [1.54, 1.807) is 34.3 Å². The van der Waals surface area contributed by atoms with E-state index in [2.05, 4.69) is 0 Å². The Bertz CT molecular complexity index is 1030. The number of para-hydroxylation sites is 2. The molecule has 150 valence electrons. The van der Waals surface area contributed by atoms with Crippen molar-refractivity contribution in [1.82, 2.24) is 9.13 Å². The van der Waals surface area contributed by atoms with Crippen LogP contribution in [0.2, 0.25) is 10.0 Å². The molecule has 0 saturated carbocycles. The summed E-state index contributed by atoms with van der Waals surface area (Å²) in [6.07, 6.45) is 0. The van der Waals surface area contributed by atoms with Gasteiger partial charge in [-0.15, -0.1) is 12.4 Å². The molecule has 0 amide bonds. The highest BCUT2D eigenvalue weighted by atomic mass is 35.5. The molecule has 0 radical (unpaired) electrons. The first-order valence-electron chi connectivity index (χ1n) is 8.47. The van der Waals surface area contributed by atoms with Gasteiger partial charge in [-0.2, -0.15) is 0 Å². The Kier molecular flexibility index (Phi) is 7.80. The number of fused-ring (bicyclic) bond motifs is 1. The molecule has 2 aromatic carbocycles. The third-order valence-corrected chi connectivity index (χ3v) is 4.56. The van der Waals surface area contributed by atoms with Crippen LogP contribution in [0.4, 0.5) is 0 Å². The maximum Gasteiger partial charge on any atom is 0.326 e. The van der Waals surface area contributed by atoms with Gasteiger partial charge in [0.2, 0.25) is 5.62 Å². The van der Waals surface area contributed by atoms with E-state index in [-0.39, 0.29) is 30.5 Å². The number of halogens is 3. The number of nitrogens with one attached hydrogen (secondary N) is 1. The van der Waals surface area contributed by atoms with E-state index in [4.69, 9.17) is 38.1 Å². The van der Waals surface area contributed by atoms with Crippen molar-refractivity contribution >= 4 is 52.6 Å². The van der Waals surface area contributed by atoms with E-state index in [0.29, 0.717) is 35.6 Å². The topological polar surface area (TPSA) is 69.2 Å². The first-order valence-corrected chi connectivity index (χ1v) is 9.23. The third kappa shape index (κ3) is 4.82. The molecule has 9 heteroatoms. The molecule has 3 aromatic rings. The second kappa shape index (κ2) is 9.87. The fourth-order valence-corrected chi connectivity index (χ4v) is 3.32. The number of carbonyl (C=O) groups excluding carboxylic acids is 1. The molecule has 1 aromatic heterocycles. The van der Waals surface area contributed by atoms with E-state index in [9.17, 15) is 4.79 Å². The first kappa shape index (κ1) is 22.1. The van der Waals surface area contributed by atoms with Gasteiger partial charge in [0.25, 0.3) is 0 Å². The van der Waals surface area contributed by atoms with Gasteiger partial charge in [0.15, 0.2) is 0 Å². The number of carbonyl (C=O) groups is 1. The number of hydrogen-bond donors (Lipinski definition) is 1. The number of benzene rings is 2. The molecule has 0 bridgehead atoms. The average Bonchev–Trinajstić information content (AvgIpc) is 2.89. The highest BCUT2D eigenvalue weighted by Crippen LogP contribution is 2.27. The van der Waals surface area contributed by atoms with E-state index < -0.39 is 0 Å². The normalized spacial score (nSPS) is 10.5. The van der Waals surface area contributed by atoms with Crippen LogP contribution in [0.1, 0.15) is 6.92 Å². The van der Waals surface area contributed by atoms with E-state index in [1.807, 2.05) is 24.3 Å². The quantitative estimate of drug-likeness (QED) is 0.553. The fraction of sp³-hybridized carbons (Fsp3) is 0.263. The molecule has 0 unspecified atom stereocenters. The maximum atomic E-state index is 11.9. The van der Waals surface area contributed by atoms with Crippen LogP contribution in [-0.2, 0) is 22.6 Å². The smallest absolute Gasteiger partial charge is 0.326 e. The number of esters is 1. The van der Waals surface area contributed by atoms with Crippen molar-refractivity contribution in [1.29, 1.82) is 5.41 Å². The van der Waals surface area contributed by atoms with Gasteiger partial charge in [-0.3, -0.25) is 14.8 Å². The average molecular weight is 445 g/mol. The van der Waals surface area contributed by atoms with Crippen molar-refractivity contribution in [3.63, 3.8) is 0 Å². The van der Waals surface area contributed by atoms with Crippen LogP contribution in [0.3, 0.4) is 0 Å². The number of aromatic nitrogens is 2. The van der Waals surface area contributed by atoms with Crippen molar-refractivity contribution in [2.75, 3.05) is 13.2 Å². The van der Waals surface area contributed by atoms with Gasteiger partial charge in [-0.1, -0.05) is 35.3 Å². The number of ether oxygens (including phenoxy) is 2. The minimum absolute atomic E-state index is 0. The van der Waals surface area contributed by atoms with Gasteiger partial charge in [-0.25, -0.2) is 0 Å². The summed E-state index contributed by atoms with van der Waals surface area (Å²) in [5, 5.41) is 9.45. The van der Waals surface area contributed by atoms with Crippen molar-refractivity contribution in [3.8, 4) is 5.75 Å². The van der Waals surface area contributed by atoms with Gasteiger partial charge in [-0.05, 0) is 37.3 Å². The molecule has 28 heavy (non-hydrogen) atoms. The molecule has 0 atom stereocenters. The second-order valence-corrected chi connectivity index (χ2v) is 6.62. The van der Waals surface area contributed by atoms with Crippen molar-refractivity contribution in [3.05, 3.63) is 58.1 Å². The van der Waals surface area contributed by atoms with E-state index in [0.717, 1.165) is 11.0 Å². The summed E-state index contributed by atoms with van der Waals surface area (Å²) in [7, 11) is 0. The largest absolute Gasteiger partial charge is 0.490 e. The molecular weight excluding hydrogens is 425 g/mol. The Morgan fingerprint density at radius 3 is 2.43 bits per heavy atom. The monoisotopic (exact) mass is 443 g/mol. The Labute approximate surface area is 178 Å². The first-order chi connectivity index (χ1) is 13.0. The zero-order valence-electron chi connectivity index (χ0n) is 15.2. The van der Waals surface area contributed by atoms with Crippen LogP contribution in [-0.4, -0.2) is 28.3 Å². The van der Waals surface area contributed by atoms with Crippen molar-refractivity contribution in [2.45, 2.75) is 20.0 Å². The van der Waals surface area contributed by atoms with Crippen molar-refractivity contribution < 1.29 is 14.3 Å². The summed E-state index contributed by atoms with van der Waals surface area (Å²) in [6.45, 7) is 2.79. The summed E-state index contributed by atoms with van der Waals surface area (Å²) < 4.78 is 14.2. The molecule has 0 spiro atoms. The molecule has 1 N–H and O–H groups in total. The van der Waals surface area contributed by atoms with Gasteiger partial charge in [0.05, 0.1) is 29.2 Å². The van der Waals surface area contributed by atoms with Gasteiger partial charge in [0.1, 0.15) is 18.9 Å². The molecular formula is C19H20Cl3N3O3. The van der Waals surface area contributed by atoms with Gasteiger partial charge >= 0.3 is 5.97 Å². The standard InChI is InChI=1S/C19H19Cl2N3O3.ClH/c1-2-26-18(25)12-24-16-6-4-3-5-15(16)23(19(24)22)9-10-27-17-8-7-13(20)11-14(17)21;/h3-8,11,22H,2,9-10,12H2,1H3;1H. The minimum Gasteiger partial charge on any atom is -0.490 e. The molecule has 0 fully saturated rings. The lowest BCUT2D eigenvalue weighted by molar-refractivity contribution is -0.143. The summed E-state index contributed by atoms with van der Waals surface area (Å²) in [5.74, 6) is 0.159. The maximum absolute atomic E-state index is 11.9. The Morgan fingerprint density at radius 2 is 1.79 bits per heavy atom. The van der Waals surface area contributed by atoms with Crippen LogP contribution in [0.5, 0.6) is 5.75 Å². The van der Waals surface area contributed by atoms with Crippen LogP contribution < -0.4 is 10.4 Å². The van der Waals surface area contributed by atoms with Crippen LogP contribution in [0.25, 0.3) is 11.0 Å². The second-order valence-electron chi connectivity index (χ2n) is 5.78. The third-order valence-electron chi connectivity index (χ3n) is 4.03. The number of imidazole rings is 1. The SMILES string of the molecule is CCOC(=O)Cn1c(=N)n(CCOc2ccc(Cl)cc2Cl)c2ccccc21.Cl. The molecule has 0 aliphatic rings. The summed E-state index contributed by atoms with van der Waals surface area (Å²) in [4.78, 5) is 11.9. The minimum atomic E-state index is -0.372. The zero-order valence-corrected chi connectivity index (χ0v) is 17.5. The number of rotatable bonds is 7. The van der Waals surface area contributed by atoms with Crippen molar-refractivity contribution in [2.24, 2.45) is 0 Å². The Morgan fingerprint density at radius 1 is 1.11 bits per heavy atom. The van der Waals surface area contributed by atoms with Crippen LogP contribution >= 0.6 is 35.6 Å². The molecule has 3 rings (SSSR count). The molecule has 0 aliphatic heterocycles. The lowest BCUT2D eigenvalue weighted by atomic mass is 10.3.